The summed E-state index contributed by atoms with van der Waals surface area (Å²) in [5, 5.41) is 2.64. The summed E-state index contributed by atoms with van der Waals surface area (Å²) in [6.07, 6.45) is -4.28. The molecular formula is C25H21F5N2O2. The highest BCUT2D eigenvalue weighted by atomic mass is 19.4. The molecule has 0 saturated carbocycles. The fourth-order valence-electron chi connectivity index (χ4n) is 4.90. The topological polar surface area (TPSA) is 51.2 Å². The summed E-state index contributed by atoms with van der Waals surface area (Å²) in [5.41, 5.74) is -0.595. The highest BCUT2D eigenvalue weighted by Gasteiger charge is 2.53. The number of nitrogens with one attached hydrogen (secondary N) is 1. The van der Waals surface area contributed by atoms with Crippen molar-refractivity contribution < 1.29 is 32.9 Å². The van der Waals surface area contributed by atoms with E-state index in [1.54, 1.807) is 6.07 Å². The fraction of sp³-hybridized carbons (Fsp3) is 0.280. The first-order valence-corrected chi connectivity index (χ1v) is 10.8. The van der Waals surface area contributed by atoms with E-state index in [-0.39, 0.29) is 23.9 Å². The van der Waals surface area contributed by atoms with E-state index < -0.39 is 53.5 Å². The molecule has 1 amide bonds. The van der Waals surface area contributed by atoms with Gasteiger partial charge in [0.25, 0.3) is 0 Å². The fourth-order valence-corrected chi connectivity index (χ4v) is 4.90. The summed E-state index contributed by atoms with van der Waals surface area (Å²) in [5.74, 6) is -3.21. The standard InChI is InChI=1S/C25H19F5N2O2.H2/c26-16-5-2-1-4-14(16)15-9-8-13(12-17(15)27)31-24(33)23-20-11-10-19(34-20)22(23)18-6-3-7-21(32-18)25(28,29)30;/h1-9,12,19-20,22-23H,10-11H2,(H,31,33);1H/t19-,20+,22+,23-;/m0./s1. The van der Waals surface area contributed by atoms with Crippen LogP contribution in [0.2, 0.25) is 0 Å². The lowest BCUT2D eigenvalue weighted by Crippen LogP contribution is -2.36. The van der Waals surface area contributed by atoms with Crippen molar-refractivity contribution in [3.8, 4) is 11.1 Å². The van der Waals surface area contributed by atoms with E-state index in [2.05, 4.69) is 10.3 Å². The average molecular weight is 476 g/mol. The van der Waals surface area contributed by atoms with Crippen molar-refractivity contribution in [3.63, 3.8) is 0 Å². The molecule has 0 unspecified atom stereocenters. The lowest BCUT2D eigenvalue weighted by Gasteiger charge is -2.27. The molecule has 4 nitrogen and oxygen atoms in total. The number of carbonyl (C=O) groups is 1. The average Bonchev–Trinajstić information content (AvgIpc) is 3.41. The molecule has 2 bridgehead atoms. The molecule has 2 aromatic carbocycles. The second kappa shape index (κ2) is 8.47. The second-order valence-electron chi connectivity index (χ2n) is 8.45. The van der Waals surface area contributed by atoms with E-state index in [4.69, 9.17) is 4.74 Å². The molecule has 9 heteroatoms. The Morgan fingerprint density at radius 1 is 0.941 bits per heavy atom. The first-order chi connectivity index (χ1) is 16.2. The minimum absolute atomic E-state index is 0. The van der Waals surface area contributed by atoms with Crippen LogP contribution < -0.4 is 5.32 Å². The molecule has 2 saturated heterocycles. The van der Waals surface area contributed by atoms with Gasteiger partial charge in [0.1, 0.15) is 17.3 Å². The van der Waals surface area contributed by atoms with Gasteiger partial charge in [-0.25, -0.2) is 13.8 Å². The van der Waals surface area contributed by atoms with E-state index in [0.29, 0.717) is 12.8 Å². The molecule has 5 rings (SSSR count). The van der Waals surface area contributed by atoms with Crippen LogP contribution in [0.25, 0.3) is 11.1 Å². The molecule has 2 aliphatic heterocycles. The van der Waals surface area contributed by atoms with Gasteiger partial charge >= 0.3 is 6.18 Å². The summed E-state index contributed by atoms with van der Waals surface area (Å²) >= 11 is 0. The summed E-state index contributed by atoms with van der Waals surface area (Å²) in [4.78, 5) is 16.9. The van der Waals surface area contributed by atoms with Gasteiger partial charge in [-0.1, -0.05) is 24.3 Å². The van der Waals surface area contributed by atoms with Crippen LogP contribution in [0.1, 0.15) is 31.6 Å². The summed E-state index contributed by atoms with van der Waals surface area (Å²) in [6, 6.07) is 13.3. The van der Waals surface area contributed by atoms with Crippen LogP contribution in [0.3, 0.4) is 0 Å². The van der Waals surface area contributed by atoms with Gasteiger partial charge in [-0.2, -0.15) is 13.2 Å². The molecule has 3 heterocycles. The lowest BCUT2D eigenvalue weighted by molar-refractivity contribution is -0.141. The first-order valence-electron chi connectivity index (χ1n) is 10.8. The lowest BCUT2D eigenvalue weighted by atomic mass is 9.76. The number of hydrogen-bond acceptors (Lipinski definition) is 3. The number of aromatic nitrogens is 1. The van der Waals surface area contributed by atoms with E-state index in [1.807, 2.05) is 0 Å². The minimum atomic E-state index is -4.61. The van der Waals surface area contributed by atoms with Crippen LogP contribution >= 0.6 is 0 Å². The Hall–Kier alpha value is -3.33. The molecule has 3 aromatic rings. The third-order valence-corrected chi connectivity index (χ3v) is 6.38. The number of nitrogens with zero attached hydrogens (tertiary/aromatic N) is 1. The van der Waals surface area contributed by atoms with Crippen molar-refractivity contribution in [2.75, 3.05) is 5.32 Å². The maximum Gasteiger partial charge on any atom is 0.433 e. The number of halogens is 5. The summed E-state index contributed by atoms with van der Waals surface area (Å²) in [6.45, 7) is 0. The molecule has 2 aliphatic rings. The molecule has 34 heavy (non-hydrogen) atoms. The highest BCUT2D eigenvalue weighted by Crippen LogP contribution is 2.49. The third-order valence-electron chi connectivity index (χ3n) is 6.38. The van der Waals surface area contributed by atoms with E-state index in [0.717, 1.165) is 12.1 Å². The SMILES string of the molecule is O=C(Nc1ccc(-c2ccccc2F)c(F)c1)[C@@H]1[C@H](c2cccc(C(F)(F)F)n2)[C@@H]2CC[C@H]1O2.[HH]. The highest BCUT2D eigenvalue weighted by molar-refractivity contribution is 5.94. The third kappa shape index (κ3) is 4.04. The van der Waals surface area contributed by atoms with E-state index >= 15 is 0 Å². The van der Waals surface area contributed by atoms with Crippen LogP contribution in [-0.2, 0) is 15.7 Å². The number of hydrogen-bond donors (Lipinski definition) is 1. The molecule has 178 valence electrons. The zero-order chi connectivity index (χ0) is 24.0. The van der Waals surface area contributed by atoms with Gasteiger partial charge in [-0.15, -0.1) is 0 Å². The number of ether oxygens (including phenoxy) is 1. The van der Waals surface area contributed by atoms with Gasteiger partial charge in [-0.3, -0.25) is 4.79 Å². The normalized spacial score (nSPS) is 23.8. The number of carbonyl (C=O) groups excluding carboxylic acids is 1. The van der Waals surface area contributed by atoms with Crippen molar-refractivity contribution in [1.82, 2.24) is 4.98 Å². The molecule has 0 spiro atoms. The number of alkyl halides is 3. The van der Waals surface area contributed by atoms with Crippen molar-refractivity contribution in [1.29, 1.82) is 0 Å². The van der Waals surface area contributed by atoms with Gasteiger partial charge in [0.15, 0.2) is 0 Å². The molecule has 1 aromatic heterocycles. The van der Waals surface area contributed by atoms with Crippen molar-refractivity contribution in [3.05, 3.63) is 83.7 Å². The number of pyridine rings is 1. The molecule has 0 radical (unpaired) electrons. The van der Waals surface area contributed by atoms with Crippen LogP contribution in [0.5, 0.6) is 0 Å². The summed E-state index contributed by atoms with van der Waals surface area (Å²) < 4.78 is 74.1. The van der Waals surface area contributed by atoms with Gasteiger partial charge < -0.3 is 10.1 Å². The van der Waals surface area contributed by atoms with Crippen molar-refractivity contribution >= 4 is 11.6 Å². The Balaban J connectivity index is 0.00000289. The predicted molar refractivity (Wildman–Crippen MR) is 116 cm³/mol. The smallest absolute Gasteiger partial charge is 0.373 e. The quantitative estimate of drug-likeness (QED) is 0.457. The Labute approximate surface area is 193 Å². The number of fused-ring (bicyclic) bond motifs is 2. The van der Waals surface area contributed by atoms with Gasteiger partial charge in [-0.05, 0) is 49.2 Å². The Morgan fingerprint density at radius 3 is 2.41 bits per heavy atom. The van der Waals surface area contributed by atoms with Crippen LogP contribution in [0, 0.1) is 17.6 Å². The maximum atomic E-state index is 14.7. The Bertz CT molecular complexity index is 1250. The van der Waals surface area contributed by atoms with Gasteiger partial charge in [0, 0.05) is 29.9 Å². The monoisotopic (exact) mass is 476 g/mol. The number of amides is 1. The largest absolute Gasteiger partial charge is 0.433 e. The molecular weight excluding hydrogens is 455 g/mol. The first kappa shape index (κ1) is 22.5. The number of anilines is 1. The van der Waals surface area contributed by atoms with E-state index in [1.165, 1.54) is 42.5 Å². The zero-order valence-corrected chi connectivity index (χ0v) is 17.7. The zero-order valence-electron chi connectivity index (χ0n) is 17.7. The number of rotatable bonds is 4. The van der Waals surface area contributed by atoms with Crippen LogP contribution in [0.15, 0.2) is 60.7 Å². The Kier molecular flexibility index (Phi) is 5.59. The maximum absolute atomic E-state index is 14.7. The van der Waals surface area contributed by atoms with Crippen LogP contribution in [-0.4, -0.2) is 23.1 Å². The molecule has 0 aliphatic carbocycles. The Morgan fingerprint density at radius 2 is 1.68 bits per heavy atom. The summed E-state index contributed by atoms with van der Waals surface area (Å²) in [7, 11) is 0. The van der Waals surface area contributed by atoms with Gasteiger partial charge in [0.05, 0.1) is 18.1 Å². The molecule has 2 fully saturated rings. The number of benzene rings is 2. The van der Waals surface area contributed by atoms with Crippen LogP contribution in [0.4, 0.5) is 27.6 Å². The van der Waals surface area contributed by atoms with Crippen molar-refractivity contribution in [2.24, 2.45) is 5.92 Å². The minimum Gasteiger partial charge on any atom is -0.373 e. The van der Waals surface area contributed by atoms with E-state index in [9.17, 15) is 26.7 Å². The second-order valence-corrected chi connectivity index (χ2v) is 8.45. The van der Waals surface area contributed by atoms with Gasteiger partial charge in [0.2, 0.25) is 5.91 Å². The molecule has 4 atom stereocenters. The predicted octanol–water partition coefficient (Wildman–Crippen LogP) is 6.19. The molecule has 1 N–H and O–H groups in total. The van der Waals surface area contributed by atoms with Crippen molar-refractivity contribution in [2.45, 2.75) is 37.1 Å².